The van der Waals surface area contributed by atoms with Gasteiger partial charge in [0.05, 0.1) is 12.8 Å². The molecule has 1 aromatic carbocycles. The van der Waals surface area contributed by atoms with Gasteiger partial charge in [0.25, 0.3) is 5.91 Å². The maximum absolute atomic E-state index is 12.0. The van der Waals surface area contributed by atoms with Gasteiger partial charge in [-0.15, -0.1) is 0 Å². The molecule has 22 heavy (non-hydrogen) atoms. The lowest BCUT2D eigenvalue weighted by atomic mass is 10.2. The molecule has 0 spiro atoms. The summed E-state index contributed by atoms with van der Waals surface area (Å²) < 4.78 is 33.0. The predicted molar refractivity (Wildman–Crippen MR) is 76.1 cm³/mol. The van der Waals surface area contributed by atoms with Crippen molar-refractivity contribution in [2.45, 2.75) is 19.6 Å². The molecule has 1 amide bonds. The first kappa shape index (κ1) is 17.8. The Kier molecular flexibility index (Phi) is 7.84. The largest absolute Gasteiger partial charge is 0.435 e. The van der Waals surface area contributed by atoms with Gasteiger partial charge in [0.1, 0.15) is 5.75 Å². The second kappa shape index (κ2) is 9.67. The standard InChI is InChI=1S/C14H18F2N2O4/c1-10(8-20-2)18-13(19)9-21-17-7-11-3-5-12(6-4-11)22-14(15)16/h3-7,10,14H,8-9H2,1-2H3,(H,18,19)/b17-7+. The number of halogens is 2. The van der Waals surface area contributed by atoms with Crippen molar-refractivity contribution in [2.24, 2.45) is 5.16 Å². The molecular weight excluding hydrogens is 298 g/mol. The normalized spacial score (nSPS) is 12.4. The van der Waals surface area contributed by atoms with E-state index in [1.54, 1.807) is 14.0 Å². The van der Waals surface area contributed by atoms with E-state index in [1.807, 2.05) is 0 Å². The first-order chi connectivity index (χ1) is 10.5. The van der Waals surface area contributed by atoms with E-state index in [2.05, 4.69) is 15.2 Å². The molecule has 0 aliphatic carbocycles. The zero-order valence-electron chi connectivity index (χ0n) is 12.3. The number of carbonyl (C=O) groups excluding carboxylic acids is 1. The number of carbonyl (C=O) groups is 1. The van der Waals surface area contributed by atoms with Gasteiger partial charge in [-0.1, -0.05) is 5.16 Å². The first-order valence-corrected chi connectivity index (χ1v) is 6.49. The van der Waals surface area contributed by atoms with Gasteiger partial charge >= 0.3 is 6.61 Å². The molecule has 1 aromatic rings. The smallest absolute Gasteiger partial charge is 0.387 e. The fourth-order valence-electron chi connectivity index (χ4n) is 1.54. The van der Waals surface area contributed by atoms with Crippen LogP contribution in [0.4, 0.5) is 8.78 Å². The third kappa shape index (κ3) is 7.53. The molecule has 0 aliphatic heterocycles. The molecule has 0 aliphatic rings. The van der Waals surface area contributed by atoms with Crippen LogP contribution < -0.4 is 10.1 Å². The molecule has 8 heteroatoms. The number of hydrogen-bond donors (Lipinski definition) is 1. The highest BCUT2D eigenvalue weighted by molar-refractivity contribution is 5.80. The highest BCUT2D eigenvalue weighted by Crippen LogP contribution is 2.13. The molecular formula is C14H18F2N2O4. The Morgan fingerprint density at radius 2 is 2.05 bits per heavy atom. The average Bonchev–Trinajstić information content (AvgIpc) is 2.45. The van der Waals surface area contributed by atoms with Crippen LogP contribution in [-0.2, 0) is 14.4 Å². The van der Waals surface area contributed by atoms with Crippen molar-refractivity contribution in [1.29, 1.82) is 0 Å². The molecule has 0 saturated carbocycles. The summed E-state index contributed by atoms with van der Waals surface area (Å²) >= 11 is 0. The van der Waals surface area contributed by atoms with Crippen molar-refractivity contribution < 1.29 is 27.9 Å². The van der Waals surface area contributed by atoms with Crippen LogP contribution in [0.15, 0.2) is 29.4 Å². The third-order valence-corrected chi connectivity index (χ3v) is 2.40. The summed E-state index contributed by atoms with van der Waals surface area (Å²) in [6.45, 7) is -0.880. The van der Waals surface area contributed by atoms with E-state index in [0.29, 0.717) is 12.2 Å². The quantitative estimate of drug-likeness (QED) is 0.557. The molecule has 0 bridgehead atoms. The van der Waals surface area contributed by atoms with Crippen LogP contribution in [-0.4, -0.2) is 45.1 Å². The molecule has 1 N–H and O–H groups in total. The van der Waals surface area contributed by atoms with Crippen molar-refractivity contribution in [3.05, 3.63) is 29.8 Å². The van der Waals surface area contributed by atoms with Crippen LogP contribution in [0.5, 0.6) is 5.75 Å². The molecule has 1 rings (SSSR count). The van der Waals surface area contributed by atoms with Crippen LogP contribution >= 0.6 is 0 Å². The number of methoxy groups -OCH3 is 1. The number of benzene rings is 1. The Morgan fingerprint density at radius 3 is 2.64 bits per heavy atom. The zero-order chi connectivity index (χ0) is 16.4. The number of rotatable bonds is 9. The number of ether oxygens (including phenoxy) is 2. The van der Waals surface area contributed by atoms with Gasteiger partial charge in [0.2, 0.25) is 0 Å². The average molecular weight is 316 g/mol. The van der Waals surface area contributed by atoms with Gasteiger partial charge in [-0.05, 0) is 36.8 Å². The van der Waals surface area contributed by atoms with Gasteiger partial charge in [0.15, 0.2) is 6.61 Å². The third-order valence-electron chi connectivity index (χ3n) is 2.40. The van der Waals surface area contributed by atoms with E-state index >= 15 is 0 Å². The highest BCUT2D eigenvalue weighted by atomic mass is 19.3. The first-order valence-electron chi connectivity index (χ1n) is 6.49. The summed E-state index contributed by atoms with van der Waals surface area (Å²) in [6.07, 6.45) is 1.36. The van der Waals surface area contributed by atoms with Gasteiger partial charge in [0, 0.05) is 13.2 Å². The van der Waals surface area contributed by atoms with E-state index in [-0.39, 0.29) is 24.3 Å². The maximum Gasteiger partial charge on any atom is 0.387 e. The van der Waals surface area contributed by atoms with Gasteiger partial charge in [-0.25, -0.2) is 0 Å². The van der Waals surface area contributed by atoms with Crippen LogP contribution in [0.3, 0.4) is 0 Å². The molecule has 0 fully saturated rings. The Balaban J connectivity index is 2.32. The molecule has 0 aromatic heterocycles. The van der Waals surface area contributed by atoms with E-state index in [4.69, 9.17) is 9.57 Å². The zero-order valence-corrected chi connectivity index (χ0v) is 12.3. The van der Waals surface area contributed by atoms with Crippen LogP contribution in [0, 0.1) is 0 Å². The van der Waals surface area contributed by atoms with Gasteiger partial charge < -0.3 is 19.6 Å². The Bertz CT molecular complexity index is 480. The van der Waals surface area contributed by atoms with E-state index in [9.17, 15) is 13.6 Å². The second-order valence-corrected chi connectivity index (χ2v) is 4.38. The molecule has 1 unspecified atom stereocenters. The summed E-state index contributed by atoms with van der Waals surface area (Å²) in [6, 6.07) is 5.71. The number of alkyl halides is 2. The number of oxime groups is 1. The molecule has 0 radical (unpaired) electrons. The molecule has 6 nitrogen and oxygen atoms in total. The van der Waals surface area contributed by atoms with Crippen molar-refractivity contribution in [1.82, 2.24) is 5.32 Å². The summed E-state index contributed by atoms with van der Waals surface area (Å²) in [5.74, 6) is -0.262. The van der Waals surface area contributed by atoms with Crippen molar-refractivity contribution in [3.63, 3.8) is 0 Å². The predicted octanol–water partition coefficient (Wildman–Crippen LogP) is 1.79. The SMILES string of the molecule is COCC(C)NC(=O)CO/N=C/c1ccc(OC(F)F)cc1. The minimum absolute atomic E-state index is 0.0552. The van der Waals surface area contributed by atoms with Crippen LogP contribution in [0.25, 0.3) is 0 Å². The molecule has 122 valence electrons. The van der Waals surface area contributed by atoms with Crippen molar-refractivity contribution >= 4 is 12.1 Å². The summed E-state index contributed by atoms with van der Waals surface area (Å²) in [5.41, 5.74) is 0.620. The van der Waals surface area contributed by atoms with Crippen LogP contribution in [0.2, 0.25) is 0 Å². The monoisotopic (exact) mass is 316 g/mol. The van der Waals surface area contributed by atoms with Gasteiger partial charge in [-0.2, -0.15) is 8.78 Å². The maximum atomic E-state index is 12.0. The number of hydrogen-bond acceptors (Lipinski definition) is 5. The van der Waals surface area contributed by atoms with Crippen molar-refractivity contribution in [2.75, 3.05) is 20.3 Å². The Labute approximate surface area is 127 Å². The minimum Gasteiger partial charge on any atom is -0.435 e. The molecule has 0 saturated heterocycles. The number of amides is 1. The van der Waals surface area contributed by atoms with E-state index < -0.39 is 6.61 Å². The summed E-state index contributed by atoms with van der Waals surface area (Å²) in [7, 11) is 1.54. The van der Waals surface area contributed by atoms with Gasteiger partial charge in [-0.3, -0.25) is 4.79 Å². The topological polar surface area (TPSA) is 69.2 Å². The number of nitrogens with one attached hydrogen (secondary N) is 1. The van der Waals surface area contributed by atoms with E-state index in [1.165, 1.54) is 30.5 Å². The van der Waals surface area contributed by atoms with Crippen molar-refractivity contribution in [3.8, 4) is 5.75 Å². The summed E-state index contributed by atoms with van der Waals surface area (Å²) in [4.78, 5) is 16.3. The fourth-order valence-corrected chi connectivity index (χ4v) is 1.54. The van der Waals surface area contributed by atoms with E-state index in [0.717, 1.165) is 0 Å². The Morgan fingerprint density at radius 1 is 1.36 bits per heavy atom. The fraction of sp³-hybridized carbons (Fsp3) is 0.429. The lowest BCUT2D eigenvalue weighted by Crippen LogP contribution is -2.37. The molecule has 1 atom stereocenters. The number of nitrogens with zero attached hydrogens (tertiary/aromatic N) is 1. The second-order valence-electron chi connectivity index (χ2n) is 4.38. The lowest BCUT2D eigenvalue weighted by molar-refractivity contribution is -0.126. The highest BCUT2D eigenvalue weighted by Gasteiger charge is 2.06. The Hall–Kier alpha value is -2.22. The summed E-state index contributed by atoms with van der Waals surface area (Å²) in [5, 5.41) is 6.27. The minimum atomic E-state index is -2.86. The lowest BCUT2D eigenvalue weighted by Gasteiger charge is -2.11. The van der Waals surface area contributed by atoms with Crippen LogP contribution in [0.1, 0.15) is 12.5 Å². The molecule has 0 heterocycles.